The molecule has 0 bridgehead atoms. The van der Waals surface area contributed by atoms with Gasteiger partial charge >= 0.3 is 0 Å². The SMILES string of the molecule is CCCCCCCCCOCC(COCCCCCCCCC)O[C@@H]1OC(CO[C@@H]2OC(CO)[C@@H](O)[C@H](O)C2O)[C@@H](O[C@@H]2OC(CO)[C@@H](O)[C@H](O)C2O)[C@H](O[C@@H]2OC(CO)[C@@H](O)[C@H](O)C2O)C1O[C@@H]1OC(CO)[C@@H](O)[C@H](O)C1O. The molecule has 5 aliphatic heterocycles. The van der Waals surface area contributed by atoms with Crippen LogP contribution >= 0.6 is 0 Å². The molecule has 16 N–H and O–H groups in total. The van der Waals surface area contributed by atoms with E-state index >= 15 is 0 Å². The van der Waals surface area contributed by atoms with Gasteiger partial charge < -0.3 is 139 Å². The van der Waals surface area contributed by atoms with Crippen molar-refractivity contribution in [2.24, 2.45) is 0 Å². The lowest BCUT2D eigenvalue weighted by atomic mass is 9.95. The van der Waals surface area contributed by atoms with E-state index in [0.717, 1.165) is 77.0 Å². The van der Waals surface area contributed by atoms with Gasteiger partial charge in [-0.3, -0.25) is 0 Å². The van der Waals surface area contributed by atoms with Crippen LogP contribution in [-0.2, 0) is 56.8 Å². The minimum Gasteiger partial charge on any atom is -0.394 e. The Morgan fingerprint density at radius 2 is 0.646 bits per heavy atom. The van der Waals surface area contributed by atoms with Crippen molar-refractivity contribution in [3.63, 3.8) is 0 Å². The Morgan fingerprint density at radius 3 is 1.03 bits per heavy atom. The molecule has 0 radical (unpaired) electrons. The molecule has 5 heterocycles. The van der Waals surface area contributed by atoms with Gasteiger partial charge in [-0.2, -0.15) is 0 Å². The van der Waals surface area contributed by atoms with Crippen LogP contribution in [0.2, 0.25) is 0 Å². The second kappa shape index (κ2) is 35.4. The molecule has 0 amide bonds. The Balaban J connectivity index is 1.60. The summed E-state index contributed by atoms with van der Waals surface area (Å²) in [7, 11) is 0. The second-order valence-electron chi connectivity index (χ2n) is 21.1. The molecule has 28 nitrogen and oxygen atoms in total. The standard InChI is InChI=1S/C51H94O28/c1-3-5-7-9-11-13-15-17-68-23-26(24-69-18-16-14-12-10-8-6-4-2)71-51-46(79-50-43(67)39(63)35(59)30(22-55)75-50)45(78-49-42(66)38(62)34(58)29(21-54)74-49)44(77-48-41(65)37(61)33(57)28(20-53)73-48)31(76-51)25-70-47-40(64)36(60)32(56)27(19-52)72-47/h26-67H,3-25H2,1-2H3/t27?,28?,29?,30?,31?,32-,33-,34-,35-,36+,37+,38+,39+,40?,41?,42?,43?,44-,45+,46?,47-,48+,49+,50+,51-/m1/s1. The van der Waals surface area contributed by atoms with Gasteiger partial charge in [0.2, 0.25) is 0 Å². The van der Waals surface area contributed by atoms with E-state index in [1.807, 2.05) is 0 Å². The van der Waals surface area contributed by atoms with Crippen LogP contribution < -0.4 is 0 Å². The highest BCUT2D eigenvalue weighted by molar-refractivity contribution is 5.00. The van der Waals surface area contributed by atoms with E-state index in [9.17, 15) is 81.7 Å². The van der Waals surface area contributed by atoms with Gasteiger partial charge in [-0.15, -0.1) is 0 Å². The predicted octanol–water partition coefficient (Wildman–Crippen LogP) is -5.00. The van der Waals surface area contributed by atoms with Crippen molar-refractivity contribution in [3.05, 3.63) is 0 Å². The Bertz CT molecular complexity index is 1590. The molecule has 5 fully saturated rings. The van der Waals surface area contributed by atoms with Crippen molar-refractivity contribution in [2.45, 2.75) is 263 Å². The topological polar surface area (TPSA) is 434 Å². The molecule has 0 saturated carbocycles. The van der Waals surface area contributed by atoms with Crippen molar-refractivity contribution in [3.8, 4) is 0 Å². The third-order valence-corrected chi connectivity index (χ3v) is 15.0. The Kier molecular flexibility index (Phi) is 30.7. The van der Waals surface area contributed by atoms with Crippen LogP contribution in [0.15, 0.2) is 0 Å². The van der Waals surface area contributed by atoms with Crippen LogP contribution in [-0.4, -0.2) is 301 Å². The fourth-order valence-electron chi connectivity index (χ4n) is 10.1. The zero-order valence-electron chi connectivity index (χ0n) is 45.3. The quantitative estimate of drug-likeness (QED) is 0.0264. The molecule has 5 saturated heterocycles. The zero-order valence-corrected chi connectivity index (χ0v) is 45.3. The maximum Gasteiger partial charge on any atom is 0.187 e. The molecule has 0 aromatic heterocycles. The maximum absolute atomic E-state index is 11.5. The molecule has 0 aliphatic carbocycles. The number of hydrogen-bond donors (Lipinski definition) is 16. The fourth-order valence-corrected chi connectivity index (χ4v) is 10.1. The van der Waals surface area contributed by atoms with E-state index in [1.54, 1.807) is 0 Å². The lowest BCUT2D eigenvalue weighted by Crippen LogP contribution is -2.69. The van der Waals surface area contributed by atoms with E-state index in [-0.39, 0.29) is 13.2 Å². The molecule has 28 heteroatoms. The second-order valence-corrected chi connectivity index (χ2v) is 21.1. The Morgan fingerprint density at radius 1 is 0.329 bits per heavy atom. The summed E-state index contributed by atoms with van der Waals surface area (Å²) < 4.78 is 73.7. The zero-order chi connectivity index (χ0) is 57.8. The normalized spacial score (nSPS) is 41.3. The summed E-state index contributed by atoms with van der Waals surface area (Å²) >= 11 is 0. The molecule has 5 aliphatic rings. The number of aliphatic hydroxyl groups is 16. The van der Waals surface area contributed by atoms with Gasteiger partial charge in [0.05, 0.1) is 46.2 Å². The predicted molar refractivity (Wildman–Crippen MR) is 267 cm³/mol. The summed E-state index contributed by atoms with van der Waals surface area (Å²) in [6.45, 7) is 0.110. The molecule has 25 atom stereocenters. The van der Waals surface area contributed by atoms with Crippen molar-refractivity contribution in [2.75, 3.05) is 59.5 Å². The highest BCUT2D eigenvalue weighted by Gasteiger charge is 2.58. The summed E-state index contributed by atoms with van der Waals surface area (Å²) in [5, 5.41) is 172. The average Bonchev–Trinajstić information content (AvgIpc) is 3.45. The van der Waals surface area contributed by atoms with Gasteiger partial charge in [0.15, 0.2) is 31.5 Å². The highest BCUT2D eigenvalue weighted by atomic mass is 16.8. The Labute approximate surface area is 460 Å². The number of aliphatic hydroxyl groups excluding tert-OH is 16. The largest absolute Gasteiger partial charge is 0.394 e. The first-order valence-corrected chi connectivity index (χ1v) is 28.2. The van der Waals surface area contributed by atoms with Crippen LogP contribution in [0.25, 0.3) is 0 Å². The van der Waals surface area contributed by atoms with Crippen LogP contribution in [0.1, 0.15) is 104 Å². The van der Waals surface area contributed by atoms with Gasteiger partial charge in [-0.25, -0.2) is 0 Å². The smallest absolute Gasteiger partial charge is 0.187 e. The Hall–Kier alpha value is -1.12. The molecular weight excluding hydrogens is 1060 g/mol. The fraction of sp³-hybridized carbons (Fsp3) is 1.00. The first kappa shape index (κ1) is 68.7. The monoisotopic (exact) mass is 1150 g/mol. The number of unbranched alkanes of at least 4 members (excludes halogenated alkanes) is 12. The third-order valence-electron chi connectivity index (χ3n) is 15.0. The highest BCUT2D eigenvalue weighted by Crippen LogP contribution is 2.38. The minimum atomic E-state index is -2.16. The van der Waals surface area contributed by atoms with E-state index < -0.39 is 193 Å². The van der Waals surface area contributed by atoms with E-state index in [1.165, 1.54) is 0 Å². The molecule has 466 valence electrons. The van der Waals surface area contributed by atoms with E-state index in [4.69, 9.17) is 56.8 Å². The summed E-state index contributed by atoms with van der Waals surface area (Å²) in [6.07, 6.45) is -34.9. The van der Waals surface area contributed by atoms with Crippen LogP contribution in [0.3, 0.4) is 0 Å². The van der Waals surface area contributed by atoms with Crippen LogP contribution in [0, 0.1) is 0 Å². The summed E-state index contributed by atoms with van der Waals surface area (Å²) in [5.41, 5.74) is 0. The first-order chi connectivity index (χ1) is 38.0. The van der Waals surface area contributed by atoms with E-state index in [2.05, 4.69) is 13.8 Å². The van der Waals surface area contributed by atoms with Gasteiger partial charge in [0, 0.05) is 13.2 Å². The first-order valence-electron chi connectivity index (χ1n) is 28.2. The van der Waals surface area contributed by atoms with Crippen LogP contribution in [0.5, 0.6) is 0 Å². The van der Waals surface area contributed by atoms with Crippen molar-refractivity contribution in [1.82, 2.24) is 0 Å². The van der Waals surface area contributed by atoms with Gasteiger partial charge in [-0.1, -0.05) is 90.9 Å². The minimum absolute atomic E-state index is 0.144. The lowest BCUT2D eigenvalue weighted by Gasteiger charge is -2.51. The summed E-state index contributed by atoms with van der Waals surface area (Å²) in [4.78, 5) is 0. The summed E-state index contributed by atoms with van der Waals surface area (Å²) in [6, 6.07) is 0. The molecule has 0 spiro atoms. The molecule has 0 aromatic carbocycles. The molecule has 5 rings (SSSR count). The van der Waals surface area contributed by atoms with Crippen molar-refractivity contribution < 1.29 is 139 Å². The third kappa shape index (κ3) is 19.2. The molecule has 79 heavy (non-hydrogen) atoms. The van der Waals surface area contributed by atoms with Crippen molar-refractivity contribution in [1.29, 1.82) is 0 Å². The average molecular weight is 1160 g/mol. The molecule has 0 aromatic rings. The summed E-state index contributed by atoms with van der Waals surface area (Å²) in [5.74, 6) is 0. The number of rotatable bonds is 35. The van der Waals surface area contributed by atoms with Gasteiger partial charge in [0.1, 0.15) is 128 Å². The van der Waals surface area contributed by atoms with Gasteiger partial charge in [-0.05, 0) is 12.8 Å². The van der Waals surface area contributed by atoms with Crippen LogP contribution in [0.4, 0.5) is 0 Å². The van der Waals surface area contributed by atoms with E-state index in [0.29, 0.717) is 26.1 Å². The number of hydrogen-bond acceptors (Lipinski definition) is 28. The lowest BCUT2D eigenvalue weighted by molar-refractivity contribution is -0.415. The maximum atomic E-state index is 11.5. The van der Waals surface area contributed by atoms with Gasteiger partial charge in [0.25, 0.3) is 0 Å². The molecular formula is C51H94O28. The van der Waals surface area contributed by atoms with Crippen molar-refractivity contribution >= 4 is 0 Å². The number of ether oxygens (including phenoxy) is 12. The molecule has 10 unspecified atom stereocenters.